The molecule has 20 heavy (non-hydrogen) atoms. The molecule has 1 aromatic rings. The van der Waals surface area contributed by atoms with E-state index < -0.39 is 0 Å². The maximum atomic E-state index is 11.3. The predicted molar refractivity (Wildman–Crippen MR) is 74.8 cm³/mol. The van der Waals surface area contributed by atoms with Gasteiger partial charge in [-0.3, -0.25) is 9.69 Å². The Balaban J connectivity index is 1.78. The molecule has 0 amide bonds. The van der Waals surface area contributed by atoms with E-state index in [-0.39, 0.29) is 11.7 Å². The van der Waals surface area contributed by atoms with Crippen LogP contribution < -0.4 is 4.74 Å². The molecule has 0 saturated carbocycles. The Morgan fingerprint density at radius 1 is 1.40 bits per heavy atom. The molecule has 5 nitrogen and oxygen atoms in total. The Hall–Kier alpha value is -1.75. The van der Waals surface area contributed by atoms with Gasteiger partial charge in [0.1, 0.15) is 11.5 Å². The van der Waals surface area contributed by atoms with Crippen LogP contribution >= 0.6 is 0 Å². The number of rotatable bonds is 5. The fraction of sp³-hybridized carbons (Fsp3) is 0.533. The minimum atomic E-state index is -0.190. The number of benzene rings is 1. The molecule has 0 radical (unpaired) electrons. The van der Waals surface area contributed by atoms with Crippen molar-refractivity contribution in [2.75, 3.05) is 33.4 Å². The second-order valence-electron chi connectivity index (χ2n) is 5.12. The molecule has 0 aliphatic carbocycles. The van der Waals surface area contributed by atoms with E-state index in [1.165, 1.54) is 7.11 Å². The number of phenolic OH excluding ortho intramolecular Hbond substituents is 1. The number of hydrogen-bond acceptors (Lipinski definition) is 5. The van der Waals surface area contributed by atoms with E-state index >= 15 is 0 Å². The van der Waals surface area contributed by atoms with E-state index in [0.717, 1.165) is 31.7 Å². The quantitative estimate of drug-likeness (QED) is 0.831. The third-order valence-electron chi connectivity index (χ3n) is 3.51. The minimum Gasteiger partial charge on any atom is -0.508 e. The number of ether oxygens (including phenoxy) is 2. The fourth-order valence-corrected chi connectivity index (χ4v) is 2.43. The molecule has 1 atom stereocenters. The largest absolute Gasteiger partial charge is 0.508 e. The summed E-state index contributed by atoms with van der Waals surface area (Å²) in [4.78, 5) is 13.4. The molecule has 1 fully saturated rings. The van der Waals surface area contributed by atoms with Gasteiger partial charge in [0.05, 0.1) is 20.3 Å². The van der Waals surface area contributed by atoms with Crippen LogP contribution in [0.2, 0.25) is 0 Å². The van der Waals surface area contributed by atoms with Gasteiger partial charge in [0.15, 0.2) is 0 Å². The Labute approximate surface area is 119 Å². The lowest BCUT2D eigenvalue weighted by Gasteiger charge is -2.31. The van der Waals surface area contributed by atoms with Crippen molar-refractivity contribution in [1.82, 2.24) is 4.90 Å². The van der Waals surface area contributed by atoms with Crippen molar-refractivity contribution in [2.45, 2.75) is 12.8 Å². The topological polar surface area (TPSA) is 59.0 Å². The van der Waals surface area contributed by atoms with E-state index in [2.05, 4.69) is 4.90 Å². The van der Waals surface area contributed by atoms with Crippen LogP contribution in [0.25, 0.3) is 0 Å². The summed E-state index contributed by atoms with van der Waals surface area (Å²) in [5.41, 5.74) is 0. The Kier molecular flexibility index (Phi) is 5.24. The van der Waals surface area contributed by atoms with Gasteiger partial charge in [0.2, 0.25) is 0 Å². The van der Waals surface area contributed by atoms with Crippen molar-refractivity contribution in [3.8, 4) is 11.5 Å². The van der Waals surface area contributed by atoms with Crippen molar-refractivity contribution in [3.63, 3.8) is 0 Å². The highest BCUT2D eigenvalue weighted by molar-refractivity contribution is 5.71. The highest BCUT2D eigenvalue weighted by atomic mass is 16.5. The molecule has 1 saturated heterocycles. The number of likely N-dealkylation sites (tertiary alicyclic amines) is 1. The van der Waals surface area contributed by atoms with Crippen molar-refractivity contribution in [3.05, 3.63) is 24.3 Å². The van der Waals surface area contributed by atoms with E-state index in [0.29, 0.717) is 19.1 Å². The molecular weight excluding hydrogens is 258 g/mol. The first-order valence-corrected chi connectivity index (χ1v) is 6.88. The van der Waals surface area contributed by atoms with Crippen LogP contribution in [0.15, 0.2) is 24.3 Å². The zero-order chi connectivity index (χ0) is 14.4. The maximum absolute atomic E-state index is 11.3. The second kappa shape index (κ2) is 7.14. The summed E-state index contributed by atoms with van der Waals surface area (Å²) in [6.45, 7) is 2.77. The standard InChI is InChI=1S/C15H21NO4/c1-19-15(18)10-16-8-2-3-12(9-16)11-20-14-6-4-13(17)5-7-14/h4-7,12,17H,2-3,8-11H2,1H3. The first kappa shape index (κ1) is 14.7. The Morgan fingerprint density at radius 3 is 2.85 bits per heavy atom. The Morgan fingerprint density at radius 2 is 2.15 bits per heavy atom. The molecule has 1 unspecified atom stereocenters. The second-order valence-corrected chi connectivity index (χ2v) is 5.12. The van der Waals surface area contributed by atoms with E-state index in [1.807, 2.05) is 0 Å². The highest BCUT2D eigenvalue weighted by Crippen LogP contribution is 2.20. The van der Waals surface area contributed by atoms with Crippen LogP contribution in [0.3, 0.4) is 0 Å². The lowest BCUT2D eigenvalue weighted by atomic mass is 9.99. The smallest absolute Gasteiger partial charge is 0.319 e. The molecule has 1 aromatic carbocycles. The van der Waals surface area contributed by atoms with Crippen molar-refractivity contribution in [2.24, 2.45) is 5.92 Å². The number of esters is 1. The molecule has 0 bridgehead atoms. The fourth-order valence-electron chi connectivity index (χ4n) is 2.43. The van der Waals surface area contributed by atoms with Crippen molar-refractivity contribution >= 4 is 5.97 Å². The minimum absolute atomic E-state index is 0.190. The van der Waals surface area contributed by atoms with Gasteiger partial charge in [0, 0.05) is 12.5 Å². The van der Waals surface area contributed by atoms with E-state index in [4.69, 9.17) is 9.47 Å². The summed E-state index contributed by atoms with van der Waals surface area (Å²) in [6.07, 6.45) is 2.18. The summed E-state index contributed by atoms with van der Waals surface area (Å²) in [7, 11) is 1.41. The van der Waals surface area contributed by atoms with Gasteiger partial charge in [-0.1, -0.05) is 0 Å². The van der Waals surface area contributed by atoms with E-state index in [1.54, 1.807) is 24.3 Å². The van der Waals surface area contributed by atoms with Crippen molar-refractivity contribution in [1.29, 1.82) is 0 Å². The van der Waals surface area contributed by atoms with Gasteiger partial charge in [0.25, 0.3) is 0 Å². The summed E-state index contributed by atoms with van der Waals surface area (Å²) >= 11 is 0. The van der Waals surface area contributed by atoms with Crippen LogP contribution in [-0.4, -0.2) is 49.3 Å². The van der Waals surface area contributed by atoms with Crippen LogP contribution in [0.4, 0.5) is 0 Å². The molecule has 1 aliphatic rings. The van der Waals surface area contributed by atoms with Crippen molar-refractivity contribution < 1.29 is 19.4 Å². The molecule has 2 rings (SSSR count). The molecule has 1 N–H and O–H groups in total. The van der Waals surface area contributed by atoms with Gasteiger partial charge in [-0.15, -0.1) is 0 Å². The first-order chi connectivity index (χ1) is 9.67. The SMILES string of the molecule is COC(=O)CN1CCCC(COc2ccc(O)cc2)C1. The average molecular weight is 279 g/mol. The van der Waals surface area contributed by atoms with Gasteiger partial charge in [-0.2, -0.15) is 0 Å². The zero-order valence-electron chi connectivity index (χ0n) is 11.7. The van der Waals surface area contributed by atoms with Crippen LogP contribution in [-0.2, 0) is 9.53 Å². The predicted octanol–water partition coefficient (Wildman–Crippen LogP) is 1.66. The Bertz CT molecular complexity index is 432. The summed E-state index contributed by atoms with van der Waals surface area (Å²) in [5.74, 6) is 1.22. The molecule has 1 heterocycles. The lowest BCUT2D eigenvalue weighted by molar-refractivity contribution is -0.142. The van der Waals surface area contributed by atoms with Crippen LogP contribution in [0.5, 0.6) is 11.5 Å². The number of nitrogens with zero attached hydrogens (tertiary/aromatic N) is 1. The number of carbonyl (C=O) groups excluding carboxylic acids is 1. The number of aromatic hydroxyl groups is 1. The van der Waals surface area contributed by atoms with Crippen LogP contribution in [0.1, 0.15) is 12.8 Å². The number of phenols is 1. The number of hydrogen-bond donors (Lipinski definition) is 1. The number of methoxy groups -OCH3 is 1. The zero-order valence-corrected chi connectivity index (χ0v) is 11.7. The average Bonchev–Trinajstić information content (AvgIpc) is 2.47. The number of piperidine rings is 1. The highest BCUT2D eigenvalue weighted by Gasteiger charge is 2.22. The summed E-state index contributed by atoms with van der Waals surface area (Å²) < 4.78 is 10.4. The third-order valence-corrected chi connectivity index (χ3v) is 3.51. The molecular formula is C15H21NO4. The normalized spacial score (nSPS) is 19.6. The molecule has 1 aliphatic heterocycles. The summed E-state index contributed by atoms with van der Waals surface area (Å²) in [6, 6.07) is 6.73. The monoisotopic (exact) mass is 279 g/mol. The molecule has 110 valence electrons. The van der Waals surface area contributed by atoms with Gasteiger partial charge in [-0.05, 0) is 43.7 Å². The number of carbonyl (C=O) groups is 1. The maximum Gasteiger partial charge on any atom is 0.319 e. The molecule has 5 heteroatoms. The summed E-state index contributed by atoms with van der Waals surface area (Å²) in [5, 5.41) is 9.21. The van der Waals surface area contributed by atoms with E-state index in [9.17, 15) is 9.90 Å². The lowest BCUT2D eigenvalue weighted by Crippen LogP contribution is -2.40. The van der Waals surface area contributed by atoms with Gasteiger partial charge < -0.3 is 14.6 Å². The molecule has 0 aromatic heterocycles. The van der Waals surface area contributed by atoms with Gasteiger partial charge in [-0.25, -0.2) is 0 Å². The third kappa shape index (κ3) is 4.42. The van der Waals surface area contributed by atoms with Crippen LogP contribution in [0, 0.1) is 5.92 Å². The first-order valence-electron chi connectivity index (χ1n) is 6.88. The van der Waals surface area contributed by atoms with Gasteiger partial charge >= 0.3 is 5.97 Å². The molecule has 0 spiro atoms.